The van der Waals surface area contributed by atoms with Crippen molar-refractivity contribution in [3.05, 3.63) is 94.0 Å². The lowest BCUT2D eigenvalue weighted by Gasteiger charge is -2.36. The van der Waals surface area contributed by atoms with Gasteiger partial charge in [-0.05, 0) is 76.9 Å². The number of imide groups is 1. The van der Waals surface area contributed by atoms with Gasteiger partial charge in [-0.1, -0.05) is 30.4 Å². The Hall–Kier alpha value is -4.04. The molecule has 2 saturated heterocycles. The third kappa shape index (κ3) is 3.55. The van der Waals surface area contributed by atoms with Crippen LogP contribution >= 0.6 is 15.9 Å². The highest BCUT2D eigenvalue weighted by molar-refractivity contribution is 9.10. The van der Waals surface area contributed by atoms with Crippen molar-refractivity contribution in [3.63, 3.8) is 0 Å². The predicted octanol–water partition coefficient (Wildman–Crippen LogP) is 4.93. The van der Waals surface area contributed by atoms with Gasteiger partial charge < -0.3 is 9.64 Å². The number of nitrogens with zero attached hydrogens (tertiary/aromatic N) is 2. The van der Waals surface area contributed by atoms with E-state index in [9.17, 15) is 19.2 Å². The fourth-order valence-corrected chi connectivity index (χ4v) is 6.44. The van der Waals surface area contributed by atoms with Crippen LogP contribution in [0.25, 0.3) is 6.08 Å². The quantitative estimate of drug-likeness (QED) is 0.319. The van der Waals surface area contributed by atoms with Gasteiger partial charge in [-0.25, -0.2) is 4.90 Å². The number of carbonyl (C=O) groups excluding carboxylic acids is 4. The summed E-state index contributed by atoms with van der Waals surface area (Å²) in [5.41, 5.74) is 3.04. The number of Topliss-reactive ketones (excluding diaryl/α,β-unsaturated/α-hetero) is 2. The highest BCUT2D eigenvalue weighted by Gasteiger charge is 2.64. The molecule has 2 amide bonds. The average molecular weight is 571 g/mol. The fourth-order valence-electron chi connectivity index (χ4n) is 5.90. The maximum atomic E-state index is 14.2. The molecular weight excluding hydrogens is 548 g/mol. The smallest absolute Gasteiger partial charge is 0.240 e. The second-order valence-electron chi connectivity index (χ2n) is 9.64. The number of ether oxygens (including phenoxy) is 1. The van der Waals surface area contributed by atoms with Crippen molar-refractivity contribution in [3.8, 4) is 5.75 Å². The largest absolute Gasteiger partial charge is 0.496 e. The van der Waals surface area contributed by atoms with Gasteiger partial charge in [0.2, 0.25) is 11.8 Å². The van der Waals surface area contributed by atoms with Crippen molar-refractivity contribution in [2.24, 2.45) is 11.8 Å². The van der Waals surface area contributed by atoms with Crippen LogP contribution in [0.5, 0.6) is 5.75 Å². The number of carbonyl (C=O) groups is 4. The first-order valence-corrected chi connectivity index (χ1v) is 13.0. The minimum absolute atomic E-state index is 0.106. The molecule has 4 atom stereocenters. The standard InChI is InChI=1S/C30H23BrN2O5/c1-16(34)17-7-11-20(12-8-17)32-29(36)25-23-13-9-18-5-3-4-6-22(18)33(23)27(26(25)30(32)37)28(35)19-10-14-24(38-2)21(31)15-19/h3-15,23,25-27H,1-2H3/t23-,25+,26+,27-/m0/s1. The Balaban J connectivity index is 1.46. The average Bonchev–Trinajstić information content (AvgIpc) is 3.40. The number of rotatable bonds is 5. The van der Waals surface area contributed by atoms with Crippen LogP contribution in [0, 0.1) is 11.8 Å². The highest BCUT2D eigenvalue weighted by atomic mass is 79.9. The molecule has 190 valence electrons. The van der Waals surface area contributed by atoms with E-state index in [4.69, 9.17) is 4.74 Å². The first kappa shape index (κ1) is 24.3. The van der Waals surface area contributed by atoms with Gasteiger partial charge in [0.1, 0.15) is 11.8 Å². The number of hydrogen-bond acceptors (Lipinski definition) is 6. The van der Waals surface area contributed by atoms with E-state index in [1.165, 1.54) is 11.8 Å². The number of halogens is 1. The Labute approximate surface area is 227 Å². The summed E-state index contributed by atoms with van der Waals surface area (Å²) in [6.45, 7) is 1.46. The summed E-state index contributed by atoms with van der Waals surface area (Å²) in [6, 6.07) is 17.8. The molecule has 3 heterocycles. The first-order valence-electron chi connectivity index (χ1n) is 12.2. The van der Waals surface area contributed by atoms with Gasteiger partial charge in [0, 0.05) is 16.8 Å². The summed E-state index contributed by atoms with van der Waals surface area (Å²) in [7, 11) is 1.55. The summed E-state index contributed by atoms with van der Waals surface area (Å²) in [6.07, 6.45) is 3.87. The third-order valence-electron chi connectivity index (χ3n) is 7.65. The van der Waals surface area contributed by atoms with Gasteiger partial charge in [0.05, 0.1) is 35.1 Å². The van der Waals surface area contributed by atoms with Crippen molar-refractivity contribution in [1.82, 2.24) is 0 Å². The van der Waals surface area contributed by atoms with Gasteiger partial charge >= 0.3 is 0 Å². The van der Waals surface area contributed by atoms with E-state index in [0.717, 1.165) is 11.3 Å². The molecule has 0 radical (unpaired) electrons. The zero-order valence-electron chi connectivity index (χ0n) is 20.6. The summed E-state index contributed by atoms with van der Waals surface area (Å²) >= 11 is 3.46. The van der Waals surface area contributed by atoms with E-state index >= 15 is 0 Å². The maximum Gasteiger partial charge on any atom is 0.240 e. The minimum atomic E-state index is -0.880. The molecule has 0 N–H and O–H groups in total. The van der Waals surface area contributed by atoms with Gasteiger partial charge in [-0.2, -0.15) is 0 Å². The number of methoxy groups -OCH3 is 1. The lowest BCUT2D eigenvalue weighted by atomic mass is 9.86. The Morgan fingerprint density at radius 3 is 2.26 bits per heavy atom. The lowest BCUT2D eigenvalue weighted by Crippen LogP contribution is -2.48. The molecule has 7 nitrogen and oxygen atoms in total. The molecule has 3 aromatic carbocycles. The highest BCUT2D eigenvalue weighted by Crippen LogP contribution is 2.50. The molecule has 2 fully saturated rings. The van der Waals surface area contributed by atoms with E-state index in [-0.39, 0.29) is 17.5 Å². The number of fused-ring (bicyclic) bond motifs is 5. The van der Waals surface area contributed by atoms with Crippen molar-refractivity contribution >= 4 is 56.8 Å². The van der Waals surface area contributed by atoms with Crippen LogP contribution in [0.4, 0.5) is 11.4 Å². The first-order chi connectivity index (χ1) is 18.3. The molecular formula is C30H23BrN2O5. The summed E-state index contributed by atoms with van der Waals surface area (Å²) in [5, 5.41) is 0. The third-order valence-corrected chi connectivity index (χ3v) is 8.27. The molecule has 0 bridgehead atoms. The van der Waals surface area contributed by atoms with Crippen molar-refractivity contribution in [2.75, 3.05) is 16.9 Å². The van der Waals surface area contributed by atoms with Crippen molar-refractivity contribution in [1.29, 1.82) is 0 Å². The molecule has 3 aromatic rings. The van der Waals surface area contributed by atoms with Crippen LogP contribution in [0.2, 0.25) is 0 Å². The van der Waals surface area contributed by atoms with E-state index in [0.29, 0.717) is 27.0 Å². The zero-order valence-corrected chi connectivity index (χ0v) is 22.2. The molecule has 6 rings (SSSR count). The van der Waals surface area contributed by atoms with E-state index in [1.807, 2.05) is 41.3 Å². The number of anilines is 2. The molecule has 3 aliphatic rings. The maximum absolute atomic E-state index is 14.2. The van der Waals surface area contributed by atoms with E-state index in [2.05, 4.69) is 15.9 Å². The van der Waals surface area contributed by atoms with Gasteiger partial charge in [-0.15, -0.1) is 0 Å². The fraction of sp³-hybridized carbons (Fsp3) is 0.200. The van der Waals surface area contributed by atoms with Crippen LogP contribution in [0.1, 0.15) is 33.2 Å². The normalized spacial score (nSPS) is 23.2. The van der Waals surface area contributed by atoms with Crippen LogP contribution in [0.3, 0.4) is 0 Å². The van der Waals surface area contributed by atoms with Crippen molar-refractivity contribution < 1.29 is 23.9 Å². The minimum Gasteiger partial charge on any atom is -0.496 e. The Kier molecular flexibility index (Phi) is 5.79. The van der Waals surface area contributed by atoms with Crippen LogP contribution in [-0.4, -0.2) is 42.6 Å². The number of ketones is 2. The second-order valence-corrected chi connectivity index (χ2v) is 10.5. The Morgan fingerprint density at radius 1 is 0.895 bits per heavy atom. The van der Waals surface area contributed by atoms with Crippen LogP contribution < -0.4 is 14.5 Å². The monoisotopic (exact) mass is 570 g/mol. The SMILES string of the molecule is COc1ccc(C(=O)[C@@H]2[C@@H]3C(=O)N(c4ccc(C(C)=O)cc4)C(=O)[C@@H]3[C@@H]3C=Cc4ccccc4N23)cc1Br. The van der Waals surface area contributed by atoms with Gasteiger partial charge in [0.15, 0.2) is 11.6 Å². The molecule has 0 spiro atoms. The molecule has 0 aliphatic carbocycles. The van der Waals surface area contributed by atoms with Gasteiger partial charge in [0.25, 0.3) is 0 Å². The Morgan fingerprint density at radius 2 is 1.58 bits per heavy atom. The Bertz CT molecular complexity index is 1550. The molecule has 38 heavy (non-hydrogen) atoms. The number of benzene rings is 3. The van der Waals surface area contributed by atoms with Crippen molar-refractivity contribution in [2.45, 2.75) is 19.0 Å². The summed E-state index contributed by atoms with van der Waals surface area (Å²) in [4.78, 5) is 56.9. The molecule has 0 unspecified atom stereocenters. The summed E-state index contributed by atoms with van der Waals surface area (Å²) in [5.74, 6) is -2.12. The second kappa shape index (κ2) is 9.06. The number of para-hydroxylation sites is 1. The zero-order chi connectivity index (χ0) is 26.7. The van der Waals surface area contributed by atoms with Gasteiger partial charge in [-0.3, -0.25) is 19.2 Å². The van der Waals surface area contributed by atoms with E-state index < -0.39 is 29.8 Å². The van der Waals surface area contributed by atoms with E-state index in [1.54, 1.807) is 49.6 Å². The molecule has 0 aromatic heterocycles. The molecule has 3 aliphatic heterocycles. The van der Waals surface area contributed by atoms with Crippen LogP contribution in [-0.2, 0) is 9.59 Å². The molecule has 8 heteroatoms. The molecule has 0 saturated carbocycles. The lowest BCUT2D eigenvalue weighted by molar-refractivity contribution is -0.122. The number of hydrogen-bond donors (Lipinski definition) is 0. The predicted molar refractivity (Wildman–Crippen MR) is 146 cm³/mol. The van der Waals surface area contributed by atoms with Crippen LogP contribution in [0.15, 0.2) is 77.3 Å². The summed E-state index contributed by atoms with van der Waals surface area (Å²) < 4.78 is 5.94. The topological polar surface area (TPSA) is 84.0 Å². The number of amides is 2.